The molecule has 0 aliphatic carbocycles. The number of hydrogen-bond donors (Lipinski definition) is 2. The molecule has 1 aromatic carbocycles. The van der Waals surface area contributed by atoms with E-state index in [4.69, 9.17) is 0 Å². The van der Waals surface area contributed by atoms with Gasteiger partial charge in [-0.05, 0) is 12.1 Å². The SMILES string of the molecule is CCc1nc2ccccc2n1CCNC(=O)c1ncn2c1CNCC2. The van der Waals surface area contributed by atoms with Crippen LogP contribution >= 0.6 is 0 Å². The van der Waals surface area contributed by atoms with E-state index < -0.39 is 0 Å². The van der Waals surface area contributed by atoms with Crippen LogP contribution in [0.1, 0.15) is 28.9 Å². The van der Waals surface area contributed by atoms with E-state index in [9.17, 15) is 4.79 Å². The first-order chi connectivity index (χ1) is 12.3. The van der Waals surface area contributed by atoms with Gasteiger partial charge in [0.15, 0.2) is 5.69 Å². The molecule has 3 aromatic rings. The van der Waals surface area contributed by atoms with Crippen molar-refractivity contribution in [2.24, 2.45) is 0 Å². The van der Waals surface area contributed by atoms with Gasteiger partial charge in [0.1, 0.15) is 5.82 Å². The maximum absolute atomic E-state index is 12.5. The van der Waals surface area contributed by atoms with Gasteiger partial charge >= 0.3 is 0 Å². The molecule has 2 aromatic heterocycles. The van der Waals surface area contributed by atoms with E-state index in [-0.39, 0.29) is 5.91 Å². The van der Waals surface area contributed by atoms with Gasteiger partial charge in [0.05, 0.1) is 23.1 Å². The number of carbonyl (C=O) groups excluding carboxylic acids is 1. The summed E-state index contributed by atoms with van der Waals surface area (Å²) in [6.07, 6.45) is 2.62. The van der Waals surface area contributed by atoms with Crippen LogP contribution in [0.2, 0.25) is 0 Å². The fourth-order valence-corrected chi connectivity index (χ4v) is 3.39. The first-order valence-corrected chi connectivity index (χ1v) is 8.75. The molecule has 3 heterocycles. The van der Waals surface area contributed by atoms with Crippen LogP contribution in [-0.2, 0) is 26.1 Å². The molecule has 7 nitrogen and oxygen atoms in total. The minimum atomic E-state index is -0.111. The van der Waals surface area contributed by atoms with Crippen molar-refractivity contribution in [3.05, 3.63) is 47.8 Å². The molecule has 0 radical (unpaired) electrons. The number of carbonyl (C=O) groups is 1. The van der Waals surface area contributed by atoms with Gasteiger partial charge in [-0.25, -0.2) is 9.97 Å². The van der Waals surface area contributed by atoms with E-state index in [0.29, 0.717) is 25.3 Å². The Hall–Kier alpha value is -2.67. The lowest BCUT2D eigenvalue weighted by molar-refractivity contribution is 0.0946. The number of aromatic nitrogens is 4. The van der Waals surface area contributed by atoms with Crippen molar-refractivity contribution in [2.45, 2.75) is 33.0 Å². The number of nitrogens with zero attached hydrogens (tertiary/aromatic N) is 4. The van der Waals surface area contributed by atoms with Crippen LogP contribution in [0.4, 0.5) is 0 Å². The van der Waals surface area contributed by atoms with Gasteiger partial charge in [0.2, 0.25) is 0 Å². The fourth-order valence-electron chi connectivity index (χ4n) is 3.39. The molecule has 1 aliphatic heterocycles. The monoisotopic (exact) mass is 338 g/mol. The van der Waals surface area contributed by atoms with Crippen molar-refractivity contribution in [2.75, 3.05) is 13.1 Å². The zero-order valence-electron chi connectivity index (χ0n) is 14.3. The highest BCUT2D eigenvalue weighted by atomic mass is 16.1. The number of fused-ring (bicyclic) bond motifs is 2. The quantitative estimate of drug-likeness (QED) is 0.736. The van der Waals surface area contributed by atoms with E-state index >= 15 is 0 Å². The number of hydrogen-bond acceptors (Lipinski definition) is 4. The van der Waals surface area contributed by atoms with Crippen LogP contribution < -0.4 is 10.6 Å². The first-order valence-electron chi connectivity index (χ1n) is 8.75. The van der Waals surface area contributed by atoms with Crippen LogP contribution in [0.5, 0.6) is 0 Å². The van der Waals surface area contributed by atoms with Crippen LogP contribution in [0, 0.1) is 0 Å². The second-order valence-corrected chi connectivity index (χ2v) is 6.19. The topological polar surface area (TPSA) is 76.8 Å². The summed E-state index contributed by atoms with van der Waals surface area (Å²) in [6, 6.07) is 8.11. The summed E-state index contributed by atoms with van der Waals surface area (Å²) >= 11 is 0. The maximum Gasteiger partial charge on any atom is 0.271 e. The second-order valence-electron chi connectivity index (χ2n) is 6.19. The summed E-state index contributed by atoms with van der Waals surface area (Å²) in [5, 5.41) is 6.28. The number of benzene rings is 1. The normalized spacial score (nSPS) is 13.8. The molecule has 0 atom stereocenters. The van der Waals surface area contributed by atoms with Gasteiger partial charge in [-0.2, -0.15) is 0 Å². The highest BCUT2D eigenvalue weighted by molar-refractivity contribution is 5.93. The van der Waals surface area contributed by atoms with Crippen LogP contribution in [-0.4, -0.2) is 38.1 Å². The predicted molar refractivity (Wildman–Crippen MR) is 95.4 cm³/mol. The van der Waals surface area contributed by atoms with Crippen molar-refractivity contribution in [1.82, 2.24) is 29.7 Å². The average molecular weight is 338 g/mol. The zero-order chi connectivity index (χ0) is 17.2. The maximum atomic E-state index is 12.5. The van der Waals surface area contributed by atoms with E-state index in [2.05, 4.69) is 38.2 Å². The molecular formula is C18H22N6O. The number of imidazole rings is 2. The van der Waals surface area contributed by atoms with E-state index in [1.165, 1.54) is 0 Å². The lowest BCUT2D eigenvalue weighted by Gasteiger charge is -2.16. The third-order valence-corrected chi connectivity index (χ3v) is 4.65. The van der Waals surface area contributed by atoms with Crippen molar-refractivity contribution < 1.29 is 4.79 Å². The Morgan fingerprint density at radius 2 is 2.24 bits per heavy atom. The highest BCUT2D eigenvalue weighted by Crippen LogP contribution is 2.16. The number of para-hydroxylation sites is 2. The molecule has 0 spiro atoms. The minimum Gasteiger partial charge on any atom is -0.349 e. The smallest absolute Gasteiger partial charge is 0.271 e. The zero-order valence-corrected chi connectivity index (χ0v) is 14.3. The average Bonchev–Trinajstić information content (AvgIpc) is 3.23. The third kappa shape index (κ3) is 2.91. The largest absolute Gasteiger partial charge is 0.349 e. The Morgan fingerprint density at radius 1 is 1.36 bits per heavy atom. The van der Waals surface area contributed by atoms with Crippen molar-refractivity contribution in [3.63, 3.8) is 0 Å². The number of aryl methyl sites for hydroxylation is 1. The molecular weight excluding hydrogens is 316 g/mol. The van der Waals surface area contributed by atoms with Crippen molar-refractivity contribution in [1.29, 1.82) is 0 Å². The van der Waals surface area contributed by atoms with Gasteiger partial charge in [-0.3, -0.25) is 4.79 Å². The Bertz CT molecular complexity index is 910. The summed E-state index contributed by atoms with van der Waals surface area (Å²) < 4.78 is 4.23. The van der Waals surface area contributed by atoms with Crippen molar-refractivity contribution >= 4 is 16.9 Å². The molecule has 4 rings (SSSR count). The summed E-state index contributed by atoms with van der Waals surface area (Å²) in [5.74, 6) is 0.930. The minimum absolute atomic E-state index is 0.111. The van der Waals surface area contributed by atoms with Crippen molar-refractivity contribution in [3.8, 4) is 0 Å². The van der Waals surface area contributed by atoms with Gasteiger partial charge in [-0.1, -0.05) is 19.1 Å². The summed E-state index contributed by atoms with van der Waals surface area (Å²) in [7, 11) is 0. The predicted octanol–water partition coefficient (Wildman–Crippen LogP) is 1.33. The molecule has 0 bridgehead atoms. The Kier molecular flexibility index (Phi) is 4.23. The molecule has 1 amide bonds. The Morgan fingerprint density at radius 3 is 3.12 bits per heavy atom. The molecule has 1 aliphatic rings. The van der Waals surface area contributed by atoms with Gasteiger partial charge < -0.3 is 19.8 Å². The summed E-state index contributed by atoms with van der Waals surface area (Å²) in [6.45, 7) is 5.81. The fraction of sp³-hybridized carbons (Fsp3) is 0.389. The highest BCUT2D eigenvalue weighted by Gasteiger charge is 2.19. The van der Waals surface area contributed by atoms with Crippen LogP contribution in [0.3, 0.4) is 0 Å². The Balaban J connectivity index is 1.46. The number of nitrogens with one attached hydrogen (secondary N) is 2. The molecule has 0 saturated carbocycles. The number of rotatable bonds is 5. The van der Waals surface area contributed by atoms with E-state index in [0.717, 1.165) is 42.1 Å². The lowest BCUT2D eigenvalue weighted by Crippen LogP contribution is -2.32. The molecule has 0 fully saturated rings. The van der Waals surface area contributed by atoms with E-state index in [1.807, 2.05) is 22.8 Å². The Labute approximate surface area is 146 Å². The van der Waals surface area contributed by atoms with E-state index in [1.54, 1.807) is 6.33 Å². The molecule has 25 heavy (non-hydrogen) atoms. The summed E-state index contributed by atoms with van der Waals surface area (Å²) in [4.78, 5) is 21.4. The standard InChI is InChI=1S/C18H22N6O/c1-2-16-22-13-5-3-4-6-14(13)24(16)10-8-20-18(25)17-15-11-19-7-9-23(15)12-21-17/h3-6,12,19H,2,7-11H2,1H3,(H,20,25). The van der Waals surface area contributed by atoms with Crippen LogP contribution in [0.15, 0.2) is 30.6 Å². The van der Waals surface area contributed by atoms with Gasteiger partial charge in [0, 0.05) is 39.1 Å². The molecule has 0 saturated heterocycles. The second kappa shape index (κ2) is 6.68. The lowest BCUT2D eigenvalue weighted by atomic mass is 10.2. The van der Waals surface area contributed by atoms with Gasteiger partial charge in [0.25, 0.3) is 5.91 Å². The molecule has 0 unspecified atom stereocenters. The molecule has 7 heteroatoms. The summed E-state index contributed by atoms with van der Waals surface area (Å²) in [5.41, 5.74) is 3.60. The van der Waals surface area contributed by atoms with Gasteiger partial charge in [-0.15, -0.1) is 0 Å². The number of amides is 1. The third-order valence-electron chi connectivity index (χ3n) is 4.65. The molecule has 2 N–H and O–H groups in total. The molecule has 130 valence electrons. The first kappa shape index (κ1) is 15.8. The van der Waals surface area contributed by atoms with Crippen LogP contribution in [0.25, 0.3) is 11.0 Å².